The lowest BCUT2D eigenvalue weighted by Crippen LogP contribution is -2.19. The van der Waals surface area contributed by atoms with Crippen LogP contribution < -0.4 is 0 Å². The summed E-state index contributed by atoms with van der Waals surface area (Å²) >= 11 is 0. The summed E-state index contributed by atoms with van der Waals surface area (Å²) in [5, 5.41) is 8.83. The summed E-state index contributed by atoms with van der Waals surface area (Å²) < 4.78 is 4.59. The van der Waals surface area contributed by atoms with Crippen molar-refractivity contribution in [1.82, 2.24) is 0 Å². The highest BCUT2D eigenvalue weighted by Gasteiger charge is 2.63. The van der Waals surface area contributed by atoms with Gasteiger partial charge in [-0.1, -0.05) is 13.8 Å². The summed E-state index contributed by atoms with van der Waals surface area (Å²) in [5.41, 5.74) is -0.817. The number of rotatable bonds is 2. The first-order chi connectivity index (χ1) is 5.58. The van der Waals surface area contributed by atoms with Crippen LogP contribution in [0.5, 0.6) is 0 Å². The average Bonchev–Trinajstić information content (AvgIpc) is 2.79. The third-order valence-corrected chi connectivity index (χ3v) is 2.57. The number of hydrogen-bond acceptors (Lipinski definition) is 3. The first-order valence-corrected chi connectivity index (χ1v) is 4.08. The van der Waals surface area contributed by atoms with Gasteiger partial charge < -0.3 is 4.74 Å². The maximum Gasteiger partial charge on any atom is 0.326 e. The van der Waals surface area contributed by atoms with Crippen LogP contribution in [0.15, 0.2) is 0 Å². The van der Waals surface area contributed by atoms with Gasteiger partial charge in [0.05, 0.1) is 13.2 Å². The van der Waals surface area contributed by atoms with E-state index in [1.807, 2.05) is 13.8 Å². The lowest BCUT2D eigenvalue weighted by atomic mass is 9.99. The number of nitriles is 1. The highest BCUT2D eigenvalue weighted by molar-refractivity contribution is 5.84. The number of methoxy groups -OCH3 is 1. The van der Waals surface area contributed by atoms with Crippen molar-refractivity contribution >= 4 is 5.97 Å². The van der Waals surface area contributed by atoms with Gasteiger partial charge >= 0.3 is 5.97 Å². The Kier molecular flexibility index (Phi) is 2.10. The van der Waals surface area contributed by atoms with E-state index in [1.54, 1.807) is 0 Å². The van der Waals surface area contributed by atoms with Crippen molar-refractivity contribution in [3.63, 3.8) is 0 Å². The SMILES string of the molecule is COC(=O)[C@@]1(C#N)C[C@@H]1C(C)C. The minimum atomic E-state index is -0.817. The van der Waals surface area contributed by atoms with Gasteiger partial charge in [-0.15, -0.1) is 0 Å². The Morgan fingerprint density at radius 2 is 2.33 bits per heavy atom. The van der Waals surface area contributed by atoms with Crippen molar-refractivity contribution in [2.24, 2.45) is 17.3 Å². The molecule has 0 radical (unpaired) electrons. The third-order valence-electron chi connectivity index (χ3n) is 2.57. The van der Waals surface area contributed by atoms with Gasteiger partial charge in [0.25, 0.3) is 0 Å². The van der Waals surface area contributed by atoms with Gasteiger partial charge in [0.15, 0.2) is 5.41 Å². The summed E-state index contributed by atoms with van der Waals surface area (Å²) in [4.78, 5) is 11.2. The fraction of sp³-hybridized carbons (Fsp3) is 0.778. The molecule has 1 saturated carbocycles. The minimum absolute atomic E-state index is 0.190. The molecule has 2 atom stereocenters. The number of carbonyl (C=O) groups is 1. The zero-order valence-corrected chi connectivity index (χ0v) is 7.63. The molecule has 1 aliphatic carbocycles. The Hall–Kier alpha value is -1.04. The molecule has 3 nitrogen and oxygen atoms in total. The molecule has 0 spiro atoms. The zero-order valence-electron chi connectivity index (χ0n) is 7.63. The Bertz CT molecular complexity index is 241. The molecule has 0 heterocycles. The van der Waals surface area contributed by atoms with E-state index in [4.69, 9.17) is 5.26 Å². The van der Waals surface area contributed by atoms with Gasteiger partial charge in [0, 0.05) is 0 Å². The van der Waals surface area contributed by atoms with Crippen LogP contribution in [0.1, 0.15) is 20.3 Å². The lowest BCUT2D eigenvalue weighted by Gasteiger charge is -2.07. The Morgan fingerprint density at radius 1 is 1.75 bits per heavy atom. The van der Waals surface area contributed by atoms with Crippen molar-refractivity contribution in [3.8, 4) is 6.07 Å². The van der Waals surface area contributed by atoms with Gasteiger partial charge in [0.2, 0.25) is 0 Å². The third kappa shape index (κ3) is 1.08. The molecule has 0 aromatic carbocycles. The van der Waals surface area contributed by atoms with Crippen LogP contribution in [0.3, 0.4) is 0 Å². The second-order valence-electron chi connectivity index (χ2n) is 3.63. The van der Waals surface area contributed by atoms with Crippen molar-refractivity contribution in [3.05, 3.63) is 0 Å². The molecule has 0 bridgehead atoms. The van der Waals surface area contributed by atoms with E-state index in [2.05, 4.69) is 10.8 Å². The topological polar surface area (TPSA) is 50.1 Å². The first-order valence-electron chi connectivity index (χ1n) is 4.08. The standard InChI is InChI=1S/C9H13NO2/c1-6(2)7-4-9(7,5-10)8(11)12-3/h6-7H,4H2,1-3H3/t7-,9-/m1/s1. The maximum absolute atomic E-state index is 11.2. The Labute approximate surface area is 72.3 Å². The number of nitrogens with zero attached hydrogens (tertiary/aromatic N) is 1. The highest BCUT2D eigenvalue weighted by Crippen LogP contribution is 2.56. The van der Waals surface area contributed by atoms with E-state index in [-0.39, 0.29) is 11.9 Å². The molecule has 1 fully saturated rings. The molecule has 0 aromatic rings. The molecule has 3 heteroatoms. The van der Waals surface area contributed by atoms with Crippen LogP contribution in [-0.2, 0) is 9.53 Å². The van der Waals surface area contributed by atoms with Gasteiger partial charge in [0.1, 0.15) is 0 Å². The van der Waals surface area contributed by atoms with Crippen LogP contribution >= 0.6 is 0 Å². The predicted molar refractivity (Wildman–Crippen MR) is 43.0 cm³/mol. The number of esters is 1. The van der Waals surface area contributed by atoms with Crippen molar-refractivity contribution in [2.75, 3.05) is 7.11 Å². The van der Waals surface area contributed by atoms with E-state index >= 15 is 0 Å². The average molecular weight is 167 g/mol. The smallest absolute Gasteiger partial charge is 0.326 e. The monoisotopic (exact) mass is 167 g/mol. The van der Waals surface area contributed by atoms with Crippen LogP contribution in [0.4, 0.5) is 0 Å². The molecular weight excluding hydrogens is 154 g/mol. The van der Waals surface area contributed by atoms with Crippen molar-refractivity contribution in [2.45, 2.75) is 20.3 Å². The van der Waals surface area contributed by atoms with Crippen LogP contribution in [0.25, 0.3) is 0 Å². The van der Waals surface area contributed by atoms with Crippen LogP contribution in [-0.4, -0.2) is 13.1 Å². The summed E-state index contributed by atoms with van der Waals surface area (Å²) in [6.07, 6.45) is 0.661. The molecule has 0 saturated heterocycles. The van der Waals surface area contributed by atoms with Gasteiger partial charge in [-0.05, 0) is 18.3 Å². The minimum Gasteiger partial charge on any atom is -0.468 e. The number of ether oxygens (including phenoxy) is 1. The molecule has 0 N–H and O–H groups in total. The van der Waals surface area contributed by atoms with Gasteiger partial charge in [-0.25, -0.2) is 0 Å². The number of carbonyl (C=O) groups excluding carboxylic acids is 1. The quantitative estimate of drug-likeness (QED) is 0.583. The molecular formula is C9H13NO2. The molecule has 66 valence electrons. The second-order valence-corrected chi connectivity index (χ2v) is 3.63. The largest absolute Gasteiger partial charge is 0.468 e. The first kappa shape index (κ1) is 9.05. The van der Waals surface area contributed by atoms with E-state index in [9.17, 15) is 4.79 Å². The molecule has 1 aliphatic rings. The maximum atomic E-state index is 11.2. The summed E-state index contributed by atoms with van der Waals surface area (Å²) in [6, 6.07) is 2.06. The molecule has 1 rings (SSSR count). The molecule has 0 aromatic heterocycles. The highest BCUT2D eigenvalue weighted by atomic mass is 16.5. The van der Waals surface area contributed by atoms with Crippen LogP contribution in [0.2, 0.25) is 0 Å². The van der Waals surface area contributed by atoms with Gasteiger partial charge in [-0.3, -0.25) is 4.79 Å². The lowest BCUT2D eigenvalue weighted by molar-refractivity contribution is -0.145. The summed E-state index contributed by atoms with van der Waals surface area (Å²) in [6.45, 7) is 4.04. The van der Waals surface area contributed by atoms with Gasteiger partial charge in [-0.2, -0.15) is 5.26 Å². The fourth-order valence-corrected chi connectivity index (χ4v) is 1.68. The fourth-order valence-electron chi connectivity index (χ4n) is 1.68. The molecule has 12 heavy (non-hydrogen) atoms. The summed E-state index contributed by atoms with van der Waals surface area (Å²) in [5.74, 6) is 0.197. The number of hydrogen-bond donors (Lipinski definition) is 0. The van der Waals surface area contributed by atoms with Crippen molar-refractivity contribution < 1.29 is 9.53 Å². The summed E-state index contributed by atoms with van der Waals surface area (Å²) in [7, 11) is 1.33. The molecule has 0 unspecified atom stereocenters. The van der Waals surface area contributed by atoms with Crippen LogP contribution in [0, 0.1) is 28.6 Å². The van der Waals surface area contributed by atoms with E-state index in [1.165, 1.54) is 7.11 Å². The zero-order chi connectivity index (χ0) is 9.35. The van der Waals surface area contributed by atoms with Crippen molar-refractivity contribution in [1.29, 1.82) is 5.26 Å². The van der Waals surface area contributed by atoms with E-state index in [0.29, 0.717) is 12.3 Å². The normalized spacial score (nSPS) is 32.8. The van der Waals surface area contributed by atoms with E-state index < -0.39 is 5.41 Å². The molecule has 0 aliphatic heterocycles. The Balaban J connectivity index is 2.73. The second kappa shape index (κ2) is 2.78. The predicted octanol–water partition coefficient (Wildman–Crippen LogP) is 1.35. The Morgan fingerprint density at radius 3 is 2.58 bits per heavy atom. The van der Waals surface area contributed by atoms with E-state index in [0.717, 1.165) is 0 Å². The molecule has 0 amide bonds.